The van der Waals surface area contributed by atoms with Crippen LogP contribution in [0.1, 0.15) is 36.0 Å². The molecule has 1 heterocycles. The smallest absolute Gasteiger partial charge is 0.251 e. The van der Waals surface area contributed by atoms with Gasteiger partial charge in [-0.3, -0.25) is 9.69 Å². The molecule has 0 spiro atoms. The second-order valence-electron chi connectivity index (χ2n) is 6.51. The summed E-state index contributed by atoms with van der Waals surface area (Å²) >= 11 is 0. The quantitative estimate of drug-likeness (QED) is 0.838. The Bertz CT molecular complexity index is 557. The maximum absolute atomic E-state index is 12.4. The molecule has 1 aliphatic heterocycles. The van der Waals surface area contributed by atoms with Crippen LogP contribution in [0.4, 0.5) is 0 Å². The van der Waals surface area contributed by atoms with Gasteiger partial charge in [0, 0.05) is 24.7 Å². The molecule has 2 aliphatic rings. The van der Waals surface area contributed by atoms with E-state index in [0.29, 0.717) is 23.1 Å². The molecule has 0 aromatic heterocycles. The maximum atomic E-state index is 12.4. The first-order valence-electron chi connectivity index (χ1n) is 8.45. The van der Waals surface area contributed by atoms with Crippen molar-refractivity contribution in [3.63, 3.8) is 0 Å². The minimum absolute atomic E-state index is 0.0516. The van der Waals surface area contributed by atoms with E-state index in [2.05, 4.69) is 10.2 Å². The van der Waals surface area contributed by atoms with Crippen LogP contribution in [-0.4, -0.2) is 50.7 Å². The van der Waals surface area contributed by atoms with Crippen LogP contribution in [0.2, 0.25) is 0 Å². The highest BCUT2D eigenvalue weighted by Gasteiger charge is 2.31. The van der Waals surface area contributed by atoms with Crippen molar-refractivity contribution < 1.29 is 14.3 Å². The lowest BCUT2D eigenvalue weighted by molar-refractivity contribution is 0.0939. The number of hydrogen-bond acceptors (Lipinski definition) is 4. The Morgan fingerprint density at radius 3 is 2.70 bits per heavy atom. The standard InChI is InChI=1S/C18H26N2O3/c1-22-16-8-7-14(10-17(16)23-2)18(21)19-11-15-4-3-9-20(15)12-13-5-6-13/h7-8,10,13,15H,3-6,9,11-12H2,1-2H3,(H,19,21). The molecular formula is C18H26N2O3. The molecule has 0 radical (unpaired) electrons. The van der Waals surface area contributed by atoms with Gasteiger partial charge in [-0.1, -0.05) is 0 Å². The number of amides is 1. The summed E-state index contributed by atoms with van der Waals surface area (Å²) in [4.78, 5) is 14.9. The average molecular weight is 318 g/mol. The van der Waals surface area contributed by atoms with Crippen LogP contribution in [0.5, 0.6) is 11.5 Å². The van der Waals surface area contributed by atoms with Gasteiger partial charge in [-0.05, 0) is 56.3 Å². The van der Waals surface area contributed by atoms with Crippen molar-refractivity contribution in [2.45, 2.75) is 31.7 Å². The summed E-state index contributed by atoms with van der Waals surface area (Å²) in [7, 11) is 3.17. The Balaban J connectivity index is 1.56. The van der Waals surface area contributed by atoms with Gasteiger partial charge < -0.3 is 14.8 Å². The third-order valence-electron chi connectivity index (χ3n) is 4.83. The van der Waals surface area contributed by atoms with E-state index in [-0.39, 0.29) is 5.91 Å². The SMILES string of the molecule is COc1ccc(C(=O)NCC2CCCN2CC2CC2)cc1OC. The van der Waals surface area contributed by atoms with Gasteiger partial charge in [0.25, 0.3) is 5.91 Å². The Kier molecular flexibility index (Phi) is 5.06. The lowest BCUT2D eigenvalue weighted by Crippen LogP contribution is -2.41. The Labute approximate surface area is 137 Å². The van der Waals surface area contributed by atoms with Gasteiger partial charge in [-0.25, -0.2) is 0 Å². The third kappa shape index (κ3) is 3.96. The van der Waals surface area contributed by atoms with Crippen LogP contribution in [0.15, 0.2) is 18.2 Å². The zero-order chi connectivity index (χ0) is 16.2. The van der Waals surface area contributed by atoms with Crippen LogP contribution in [0, 0.1) is 5.92 Å². The van der Waals surface area contributed by atoms with Gasteiger partial charge in [0.1, 0.15) is 0 Å². The summed E-state index contributed by atoms with van der Waals surface area (Å²) < 4.78 is 10.5. The van der Waals surface area contributed by atoms with Gasteiger partial charge in [0.15, 0.2) is 11.5 Å². The van der Waals surface area contributed by atoms with Crippen LogP contribution in [0.3, 0.4) is 0 Å². The molecule has 1 saturated heterocycles. The van der Waals surface area contributed by atoms with Crippen LogP contribution in [-0.2, 0) is 0 Å². The van der Waals surface area contributed by atoms with E-state index in [1.807, 2.05) is 0 Å². The predicted octanol–water partition coefficient (Wildman–Crippen LogP) is 2.31. The van der Waals surface area contributed by atoms with Crippen LogP contribution >= 0.6 is 0 Å². The normalized spacial score (nSPS) is 21.2. The molecule has 5 nitrogen and oxygen atoms in total. The minimum atomic E-state index is -0.0516. The first-order valence-corrected chi connectivity index (χ1v) is 8.45. The molecule has 1 N–H and O–H groups in total. The lowest BCUT2D eigenvalue weighted by atomic mass is 10.1. The molecule has 1 aliphatic carbocycles. The highest BCUT2D eigenvalue weighted by molar-refractivity contribution is 5.94. The zero-order valence-corrected chi connectivity index (χ0v) is 14.0. The summed E-state index contributed by atoms with van der Waals surface area (Å²) in [5, 5.41) is 3.08. The van der Waals surface area contributed by atoms with Gasteiger partial charge >= 0.3 is 0 Å². The number of ether oxygens (including phenoxy) is 2. The number of nitrogens with zero attached hydrogens (tertiary/aromatic N) is 1. The van der Waals surface area contributed by atoms with E-state index in [0.717, 1.165) is 12.5 Å². The van der Waals surface area contributed by atoms with Crippen molar-refractivity contribution in [2.24, 2.45) is 5.92 Å². The number of rotatable bonds is 7. The van der Waals surface area contributed by atoms with Gasteiger partial charge in [0.2, 0.25) is 0 Å². The van der Waals surface area contributed by atoms with Crippen molar-refractivity contribution in [2.75, 3.05) is 33.9 Å². The summed E-state index contributed by atoms with van der Waals surface area (Å²) in [6.07, 6.45) is 5.17. The molecule has 1 aromatic carbocycles. The number of hydrogen-bond donors (Lipinski definition) is 1. The Hall–Kier alpha value is -1.75. The van der Waals surface area contributed by atoms with Crippen molar-refractivity contribution in [3.8, 4) is 11.5 Å². The van der Waals surface area contributed by atoms with Gasteiger partial charge in [0.05, 0.1) is 14.2 Å². The van der Waals surface area contributed by atoms with Gasteiger partial charge in [-0.15, -0.1) is 0 Å². The molecule has 2 fully saturated rings. The summed E-state index contributed by atoms with van der Waals surface area (Å²) in [6, 6.07) is 5.75. The number of benzene rings is 1. The molecule has 0 bridgehead atoms. The van der Waals surface area contributed by atoms with Crippen molar-refractivity contribution in [1.82, 2.24) is 10.2 Å². The van der Waals surface area contributed by atoms with E-state index >= 15 is 0 Å². The topological polar surface area (TPSA) is 50.8 Å². The third-order valence-corrected chi connectivity index (χ3v) is 4.83. The van der Waals surface area contributed by atoms with Crippen LogP contribution < -0.4 is 14.8 Å². The summed E-state index contributed by atoms with van der Waals surface area (Å²) in [5.41, 5.74) is 0.606. The fraction of sp³-hybridized carbons (Fsp3) is 0.611. The number of likely N-dealkylation sites (tertiary alicyclic amines) is 1. The second kappa shape index (κ2) is 7.21. The first kappa shape index (κ1) is 16.1. The number of nitrogens with one attached hydrogen (secondary N) is 1. The summed E-state index contributed by atoms with van der Waals surface area (Å²) in [5.74, 6) is 2.06. The molecule has 5 heteroatoms. The first-order chi connectivity index (χ1) is 11.2. The highest BCUT2D eigenvalue weighted by Crippen LogP contribution is 2.32. The molecule has 126 valence electrons. The van der Waals surface area contributed by atoms with E-state index in [1.165, 1.54) is 38.8 Å². The monoisotopic (exact) mass is 318 g/mol. The molecule has 1 unspecified atom stereocenters. The van der Waals surface area contributed by atoms with Crippen molar-refractivity contribution in [3.05, 3.63) is 23.8 Å². The predicted molar refractivity (Wildman–Crippen MR) is 89.2 cm³/mol. The molecule has 1 aromatic rings. The van der Waals surface area contributed by atoms with E-state index in [4.69, 9.17) is 9.47 Å². The molecule has 1 atom stereocenters. The van der Waals surface area contributed by atoms with E-state index < -0.39 is 0 Å². The molecule has 1 amide bonds. The molecule has 1 saturated carbocycles. The van der Waals surface area contributed by atoms with Crippen molar-refractivity contribution in [1.29, 1.82) is 0 Å². The highest BCUT2D eigenvalue weighted by atomic mass is 16.5. The van der Waals surface area contributed by atoms with E-state index in [9.17, 15) is 4.79 Å². The molecular weight excluding hydrogens is 292 g/mol. The summed E-state index contributed by atoms with van der Waals surface area (Å²) in [6.45, 7) is 3.10. The largest absolute Gasteiger partial charge is 0.493 e. The Morgan fingerprint density at radius 1 is 1.22 bits per heavy atom. The fourth-order valence-corrected chi connectivity index (χ4v) is 3.29. The minimum Gasteiger partial charge on any atom is -0.493 e. The van der Waals surface area contributed by atoms with Crippen LogP contribution in [0.25, 0.3) is 0 Å². The Morgan fingerprint density at radius 2 is 2.00 bits per heavy atom. The molecule has 23 heavy (non-hydrogen) atoms. The average Bonchev–Trinajstić information content (AvgIpc) is 3.29. The zero-order valence-electron chi connectivity index (χ0n) is 14.0. The van der Waals surface area contributed by atoms with Gasteiger partial charge in [-0.2, -0.15) is 0 Å². The van der Waals surface area contributed by atoms with Crippen molar-refractivity contribution >= 4 is 5.91 Å². The number of methoxy groups -OCH3 is 2. The molecule has 3 rings (SSSR count). The lowest BCUT2D eigenvalue weighted by Gasteiger charge is -2.24. The number of carbonyl (C=O) groups is 1. The van der Waals surface area contributed by atoms with E-state index in [1.54, 1.807) is 32.4 Å². The fourth-order valence-electron chi connectivity index (χ4n) is 3.29. The second-order valence-corrected chi connectivity index (χ2v) is 6.51. The maximum Gasteiger partial charge on any atom is 0.251 e. The number of carbonyl (C=O) groups excluding carboxylic acids is 1.